The average Bonchev–Trinajstić information content (AvgIpc) is 2.68. The smallest absolute Gasteiger partial charge is 0.496 e. The van der Waals surface area contributed by atoms with Crippen molar-refractivity contribution in [3.63, 3.8) is 0 Å². The minimum absolute atomic E-state index is 0.144. The van der Waals surface area contributed by atoms with Gasteiger partial charge in [-0.25, -0.2) is 9.18 Å². The Morgan fingerprint density at radius 1 is 1.17 bits per heavy atom. The van der Waals surface area contributed by atoms with Gasteiger partial charge >= 0.3 is 21.6 Å². The van der Waals surface area contributed by atoms with Gasteiger partial charge in [0.05, 0.1) is 14.2 Å². The predicted octanol–water partition coefficient (Wildman–Crippen LogP) is 4.17. The normalized spacial score (nSPS) is 12.7. The van der Waals surface area contributed by atoms with Crippen LogP contribution in [0.5, 0.6) is 17.2 Å². The van der Waals surface area contributed by atoms with E-state index in [1.165, 1.54) is 0 Å². The molecule has 0 aliphatic carbocycles. The number of hydrogen-bond acceptors (Lipinski definition) is 7. The largest absolute Gasteiger partial charge is 0.534 e. The molecule has 0 radical (unpaired) electrons. The van der Waals surface area contributed by atoms with Crippen LogP contribution in [0.1, 0.15) is 36.0 Å². The summed E-state index contributed by atoms with van der Waals surface area (Å²) in [7, 11) is -3.88. The van der Waals surface area contributed by atoms with Crippen LogP contribution < -0.4 is 13.7 Å². The number of rotatable bonds is 12. The molecule has 0 aliphatic heterocycles. The minimum atomic E-state index is -6.11. The lowest BCUT2D eigenvalue weighted by Gasteiger charge is -2.19. The third-order valence-corrected chi connectivity index (χ3v) is 4.78. The zero-order chi connectivity index (χ0) is 22.9. The summed E-state index contributed by atoms with van der Waals surface area (Å²) in [4.78, 5) is 12.6. The van der Waals surface area contributed by atoms with E-state index in [4.69, 9.17) is 14.2 Å². The number of hydrogen-bond donors (Lipinski definition) is 0. The quantitative estimate of drug-likeness (QED) is 0.116. The van der Waals surface area contributed by atoms with Crippen molar-refractivity contribution in [2.24, 2.45) is 0 Å². The maximum absolute atomic E-state index is 13.2. The fourth-order valence-electron chi connectivity index (χ4n) is 2.32. The zero-order valence-electron chi connectivity index (χ0n) is 16.3. The summed E-state index contributed by atoms with van der Waals surface area (Å²) < 4.78 is 93.2. The first-order valence-corrected chi connectivity index (χ1v) is 10.1. The fourth-order valence-corrected chi connectivity index (χ4v) is 2.78. The number of benzene rings is 1. The monoisotopic (exact) mass is 458 g/mol. The number of esters is 1. The van der Waals surface area contributed by atoms with Crippen molar-refractivity contribution >= 4 is 16.1 Å². The molecule has 0 heterocycles. The Hall–Kier alpha value is -2.50. The Labute approximate surface area is 171 Å². The van der Waals surface area contributed by atoms with Gasteiger partial charge in [-0.15, -0.1) is 6.58 Å². The number of allylic oxidation sites excluding steroid dienone is 1. The van der Waals surface area contributed by atoms with Crippen molar-refractivity contribution in [1.82, 2.24) is 0 Å². The summed E-state index contributed by atoms with van der Waals surface area (Å²) in [5, 5.41) is 0. The molecule has 0 amide bonds. The Morgan fingerprint density at radius 3 is 2.30 bits per heavy atom. The van der Waals surface area contributed by atoms with Crippen molar-refractivity contribution in [3.8, 4) is 17.2 Å². The van der Waals surface area contributed by atoms with E-state index >= 15 is 0 Å². The molecular formula is C18H22F4O7S. The molecule has 12 heteroatoms. The van der Waals surface area contributed by atoms with E-state index in [2.05, 4.69) is 10.8 Å². The molecule has 1 rings (SSSR count). The molecule has 0 saturated carbocycles. The molecule has 0 fully saturated rings. The topological polar surface area (TPSA) is 88.1 Å². The fraction of sp³-hybridized carbons (Fsp3) is 0.500. The van der Waals surface area contributed by atoms with Crippen LogP contribution in [0.25, 0.3) is 0 Å². The molecule has 1 aromatic carbocycles. The lowest BCUT2D eigenvalue weighted by Crippen LogP contribution is -2.29. The highest BCUT2D eigenvalue weighted by Crippen LogP contribution is 2.38. The van der Waals surface area contributed by atoms with Gasteiger partial charge in [-0.3, -0.25) is 0 Å². The van der Waals surface area contributed by atoms with Crippen molar-refractivity contribution in [1.29, 1.82) is 0 Å². The Bertz CT molecular complexity index is 838. The molecule has 0 spiro atoms. The number of methoxy groups -OCH3 is 2. The Balaban J connectivity index is 3.28. The summed E-state index contributed by atoms with van der Waals surface area (Å²) in [5.74, 6) is -2.87. The molecule has 7 nitrogen and oxygen atoms in total. The van der Waals surface area contributed by atoms with Crippen molar-refractivity contribution < 1.29 is 49.2 Å². The van der Waals surface area contributed by atoms with Crippen LogP contribution in [-0.2, 0) is 14.9 Å². The van der Waals surface area contributed by atoms with Gasteiger partial charge in [-0.2, -0.15) is 21.6 Å². The molecule has 170 valence electrons. The average molecular weight is 458 g/mol. The molecule has 0 N–H and O–H groups in total. The van der Waals surface area contributed by atoms with Crippen molar-refractivity contribution in [2.75, 3.05) is 20.9 Å². The molecular weight excluding hydrogens is 436 g/mol. The van der Waals surface area contributed by atoms with Crippen LogP contribution in [0.2, 0.25) is 0 Å². The SMILES string of the molecule is C=CCCCCC(CF)OC(=O)c1c(OC)cc(OC)cc1OS(=O)(=O)C(F)(F)F. The summed E-state index contributed by atoms with van der Waals surface area (Å²) in [6, 6.07) is 1.86. The van der Waals surface area contributed by atoms with Gasteiger partial charge in [-0.05, 0) is 25.7 Å². The van der Waals surface area contributed by atoms with Gasteiger partial charge in [0.15, 0.2) is 5.75 Å². The summed E-state index contributed by atoms with van der Waals surface area (Å²) in [6.45, 7) is 2.50. The van der Waals surface area contributed by atoms with E-state index in [1.807, 2.05) is 0 Å². The van der Waals surface area contributed by atoms with Crippen LogP contribution in [0.3, 0.4) is 0 Å². The first-order valence-electron chi connectivity index (χ1n) is 8.65. The van der Waals surface area contributed by atoms with Crippen LogP contribution in [0, 0.1) is 0 Å². The second-order valence-corrected chi connectivity index (χ2v) is 7.48. The van der Waals surface area contributed by atoms with Crippen LogP contribution >= 0.6 is 0 Å². The highest BCUT2D eigenvalue weighted by Gasteiger charge is 2.49. The summed E-state index contributed by atoms with van der Waals surface area (Å²) in [5.41, 5.74) is -6.51. The highest BCUT2D eigenvalue weighted by molar-refractivity contribution is 7.88. The van der Waals surface area contributed by atoms with E-state index in [1.54, 1.807) is 6.08 Å². The van der Waals surface area contributed by atoms with E-state index < -0.39 is 45.7 Å². The van der Waals surface area contributed by atoms with Gasteiger partial charge in [0.1, 0.15) is 29.8 Å². The van der Waals surface area contributed by atoms with E-state index in [-0.39, 0.29) is 17.9 Å². The van der Waals surface area contributed by atoms with Gasteiger partial charge in [-0.1, -0.05) is 6.08 Å². The van der Waals surface area contributed by atoms with Gasteiger partial charge in [0, 0.05) is 12.1 Å². The summed E-state index contributed by atoms with van der Waals surface area (Å²) in [6.07, 6.45) is 2.46. The number of alkyl halides is 4. The molecule has 0 bridgehead atoms. The number of carbonyl (C=O) groups is 1. The molecule has 0 aromatic heterocycles. The van der Waals surface area contributed by atoms with E-state index in [0.717, 1.165) is 26.4 Å². The zero-order valence-corrected chi connectivity index (χ0v) is 17.1. The second kappa shape index (κ2) is 11.0. The molecule has 1 unspecified atom stereocenters. The van der Waals surface area contributed by atoms with Gasteiger partial charge in [0.25, 0.3) is 0 Å². The second-order valence-electron chi connectivity index (χ2n) is 5.94. The van der Waals surface area contributed by atoms with Gasteiger partial charge < -0.3 is 18.4 Å². The van der Waals surface area contributed by atoms with Crippen LogP contribution in [-0.4, -0.2) is 46.9 Å². The molecule has 1 atom stereocenters. The van der Waals surface area contributed by atoms with Crippen molar-refractivity contribution in [2.45, 2.75) is 37.3 Å². The molecule has 0 aliphatic rings. The van der Waals surface area contributed by atoms with Gasteiger partial charge in [0.2, 0.25) is 0 Å². The third-order valence-electron chi connectivity index (χ3n) is 3.81. The van der Waals surface area contributed by atoms with Crippen LogP contribution in [0.15, 0.2) is 24.8 Å². The lowest BCUT2D eigenvalue weighted by atomic mass is 10.1. The first-order chi connectivity index (χ1) is 14.0. The van der Waals surface area contributed by atoms with Crippen LogP contribution in [0.4, 0.5) is 17.6 Å². The molecule has 1 aromatic rings. The highest BCUT2D eigenvalue weighted by atomic mass is 32.2. The molecule has 0 saturated heterocycles. The standard InChI is InChI=1S/C18H22F4O7S/c1-4-5-6-7-8-12(11-19)28-17(23)16-14(27-3)9-13(26-2)10-15(16)29-30(24,25)18(20,21)22/h4,9-10,12H,1,5-8,11H2,2-3H3. The maximum Gasteiger partial charge on any atom is 0.534 e. The number of unbranched alkanes of at least 4 members (excludes halogenated alkanes) is 2. The summed E-state index contributed by atoms with van der Waals surface area (Å²) >= 11 is 0. The third kappa shape index (κ3) is 6.78. The number of carbonyl (C=O) groups excluding carboxylic acids is 1. The first kappa shape index (κ1) is 25.5. The van der Waals surface area contributed by atoms with E-state index in [9.17, 15) is 30.8 Å². The minimum Gasteiger partial charge on any atom is -0.496 e. The number of ether oxygens (including phenoxy) is 3. The van der Waals surface area contributed by atoms with Crippen molar-refractivity contribution in [3.05, 3.63) is 30.4 Å². The number of halogens is 4. The lowest BCUT2D eigenvalue weighted by molar-refractivity contribution is -0.0501. The Kier molecular flexibility index (Phi) is 9.40. The van der Waals surface area contributed by atoms with E-state index in [0.29, 0.717) is 19.3 Å². The maximum atomic E-state index is 13.2. The Morgan fingerprint density at radius 2 is 1.80 bits per heavy atom. The molecule has 30 heavy (non-hydrogen) atoms. The predicted molar refractivity (Wildman–Crippen MR) is 99.0 cm³/mol.